The number of rotatable bonds is 4. The first-order valence-electron chi connectivity index (χ1n) is 9.07. The normalized spacial score (nSPS) is 20.2. The van der Waals surface area contributed by atoms with Gasteiger partial charge in [-0.25, -0.2) is 4.68 Å². The van der Waals surface area contributed by atoms with E-state index >= 15 is 0 Å². The highest BCUT2D eigenvalue weighted by atomic mass is 16.4. The van der Waals surface area contributed by atoms with Gasteiger partial charge in [0.25, 0.3) is 5.91 Å². The summed E-state index contributed by atoms with van der Waals surface area (Å²) in [5, 5.41) is 13.8. The van der Waals surface area contributed by atoms with Gasteiger partial charge in [0, 0.05) is 13.1 Å². The van der Waals surface area contributed by atoms with Crippen LogP contribution < -0.4 is 0 Å². The Hall–Kier alpha value is -2.63. The van der Waals surface area contributed by atoms with Crippen LogP contribution >= 0.6 is 0 Å². The largest absolute Gasteiger partial charge is 0.481 e. The fourth-order valence-corrected chi connectivity index (χ4v) is 3.77. The van der Waals surface area contributed by atoms with Crippen molar-refractivity contribution in [1.29, 1.82) is 0 Å². The van der Waals surface area contributed by atoms with Crippen LogP contribution in [0, 0.1) is 18.8 Å². The number of aromatic nitrogens is 2. The molecule has 1 saturated heterocycles. The van der Waals surface area contributed by atoms with Crippen molar-refractivity contribution in [2.24, 2.45) is 11.8 Å². The van der Waals surface area contributed by atoms with Gasteiger partial charge in [-0.1, -0.05) is 32.0 Å². The van der Waals surface area contributed by atoms with Crippen LogP contribution in [0.5, 0.6) is 0 Å². The summed E-state index contributed by atoms with van der Waals surface area (Å²) in [6.45, 7) is 6.86. The number of hydrogen-bond donors (Lipinski definition) is 1. The Bertz CT molecular complexity index is 827. The molecule has 1 amide bonds. The zero-order valence-corrected chi connectivity index (χ0v) is 15.5. The third-order valence-electron chi connectivity index (χ3n) is 5.07. The van der Waals surface area contributed by atoms with E-state index in [1.165, 1.54) is 0 Å². The van der Waals surface area contributed by atoms with Crippen molar-refractivity contribution in [2.45, 2.75) is 33.6 Å². The summed E-state index contributed by atoms with van der Waals surface area (Å²) in [5.74, 6) is -1.29. The van der Waals surface area contributed by atoms with Gasteiger partial charge in [0.05, 0.1) is 29.1 Å². The van der Waals surface area contributed by atoms with E-state index in [1.54, 1.807) is 11.1 Å². The highest BCUT2D eigenvalue weighted by Crippen LogP contribution is 2.25. The molecule has 1 aromatic heterocycles. The smallest absolute Gasteiger partial charge is 0.308 e. The molecule has 1 aliphatic heterocycles. The van der Waals surface area contributed by atoms with Crippen LogP contribution in [-0.4, -0.2) is 44.8 Å². The minimum atomic E-state index is -0.833. The van der Waals surface area contributed by atoms with Gasteiger partial charge in [-0.2, -0.15) is 5.10 Å². The molecule has 6 nitrogen and oxygen atoms in total. The summed E-state index contributed by atoms with van der Waals surface area (Å²) in [6.07, 6.45) is 2.89. The third kappa shape index (κ3) is 3.36. The first-order chi connectivity index (χ1) is 12.4. The SMILES string of the molecule is CCc1c(C(=O)N2CC(C)CC(C(=O)O)C2)cnn1-c1ccccc1C. The second-order valence-corrected chi connectivity index (χ2v) is 7.14. The summed E-state index contributed by atoms with van der Waals surface area (Å²) < 4.78 is 1.82. The lowest BCUT2D eigenvalue weighted by molar-refractivity contribution is -0.143. The monoisotopic (exact) mass is 355 g/mol. The van der Waals surface area contributed by atoms with E-state index in [2.05, 4.69) is 5.10 Å². The van der Waals surface area contributed by atoms with Gasteiger partial charge in [0.2, 0.25) is 0 Å². The molecule has 0 spiro atoms. The molecule has 0 radical (unpaired) electrons. The number of carbonyl (C=O) groups excluding carboxylic acids is 1. The van der Waals surface area contributed by atoms with Crippen molar-refractivity contribution in [3.05, 3.63) is 47.3 Å². The summed E-state index contributed by atoms with van der Waals surface area (Å²) in [6, 6.07) is 7.93. The Kier molecular flexibility index (Phi) is 5.11. The molecule has 1 fully saturated rings. The summed E-state index contributed by atoms with van der Waals surface area (Å²) in [5.41, 5.74) is 3.46. The number of aryl methyl sites for hydroxylation is 1. The number of piperidine rings is 1. The number of amides is 1. The maximum atomic E-state index is 13.1. The van der Waals surface area contributed by atoms with Crippen molar-refractivity contribution in [2.75, 3.05) is 13.1 Å². The Balaban J connectivity index is 1.93. The fraction of sp³-hybridized carbons (Fsp3) is 0.450. The van der Waals surface area contributed by atoms with E-state index in [9.17, 15) is 14.7 Å². The molecule has 1 N–H and O–H groups in total. The standard InChI is InChI=1S/C20H25N3O3/c1-4-17-16(10-21-23(17)18-8-6-5-7-14(18)3)19(24)22-11-13(2)9-15(12-22)20(25)26/h5-8,10,13,15H,4,9,11-12H2,1-3H3,(H,25,26). The van der Waals surface area contributed by atoms with Gasteiger partial charge in [-0.15, -0.1) is 0 Å². The first kappa shape index (κ1) is 18.2. The third-order valence-corrected chi connectivity index (χ3v) is 5.07. The lowest BCUT2D eigenvalue weighted by atomic mass is 9.90. The molecule has 2 aromatic rings. The molecule has 2 heterocycles. The molecule has 2 unspecified atom stereocenters. The van der Waals surface area contributed by atoms with E-state index in [-0.39, 0.29) is 18.4 Å². The Labute approximate surface area is 153 Å². The van der Waals surface area contributed by atoms with Crippen LogP contribution in [0.4, 0.5) is 0 Å². The molecule has 0 saturated carbocycles. The van der Waals surface area contributed by atoms with E-state index in [0.717, 1.165) is 16.9 Å². The van der Waals surface area contributed by atoms with Crippen LogP contribution in [0.1, 0.15) is 41.9 Å². The van der Waals surface area contributed by atoms with Crippen molar-refractivity contribution >= 4 is 11.9 Å². The van der Waals surface area contributed by atoms with Crippen molar-refractivity contribution < 1.29 is 14.7 Å². The molecule has 2 atom stereocenters. The van der Waals surface area contributed by atoms with Gasteiger partial charge in [-0.05, 0) is 37.3 Å². The number of carboxylic acid groups (broad SMARTS) is 1. The quantitative estimate of drug-likeness (QED) is 0.915. The molecule has 26 heavy (non-hydrogen) atoms. The van der Waals surface area contributed by atoms with Gasteiger partial charge in [-0.3, -0.25) is 9.59 Å². The number of nitrogens with zero attached hydrogens (tertiary/aromatic N) is 3. The Morgan fingerprint density at radius 1 is 1.27 bits per heavy atom. The average Bonchev–Trinajstić information content (AvgIpc) is 3.04. The molecule has 0 bridgehead atoms. The zero-order chi connectivity index (χ0) is 18.8. The summed E-state index contributed by atoms with van der Waals surface area (Å²) in [4.78, 5) is 26.2. The maximum absolute atomic E-state index is 13.1. The van der Waals surface area contributed by atoms with E-state index in [4.69, 9.17) is 0 Å². The lowest BCUT2D eigenvalue weighted by Crippen LogP contribution is -2.45. The molecular formula is C20H25N3O3. The van der Waals surface area contributed by atoms with Gasteiger partial charge < -0.3 is 10.0 Å². The van der Waals surface area contributed by atoms with Crippen LogP contribution in [0.3, 0.4) is 0 Å². The minimum absolute atomic E-state index is 0.125. The molecular weight excluding hydrogens is 330 g/mol. The highest BCUT2D eigenvalue weighted by Gasteiger charge is 2.33. The van der Waals surface area contributed by atoms with Crippen LogP contribution in [-0.2, 0) is 11.2 Å². The van der Waals surface area contributed by atoms with E-state index < -0.39 is 11.9 Å². The summed E-state index contributed by atoms with van der Waals surface area (Å²) >= 11 is 0. The first-order valence-corrected chi connectivity index (χ1v) is 9.07. The Morgan fingerprint density at radius 3 is 2.65 bits per heavy atom. The number of para-hydroxylation sites is 1. The van der Waals surface area contributed by atoms with Crippen LogP contribution in [0.15, 0.2) is 30.5 Å². The number of carbonyl (C=O) groups is 2. The van der Waals surface area contributed by atoms with E-state index in [0.29, 0.717) is 24.9 Å². The Morgan fingerprint density at radius 2 is 2.00 bits per heavy atom. The fourth-order valence-electron chi connectivity index (χ4n) is 3.77. The van der Waals surface area contributed by atoms with Crippen molar-refractivity contribution in [3.63, 3.8) is 0 Å². The maximum Gasteiger partial charge on any atom is 0.308 e. The van der Waals surface area contributed by atoms with Crippen LogP contribution in [0.2, 0.25) is 0 Å². The molecule has 3 rings (SSSR count). The topological polar surface area (TPSA) is 75.4 Å². The van der Waals surface area contributed by atoms with Gasteiger partial charge >= 0.3 is 5.97 Å². The minimum Gasteiger partial charge on any atom is -0.481 e. The molecule has 138 valence electrons. The van der Waals surface area contributed by atoms with Gasteiger partial charge in [0.1, 0.15) is 0 Å². The van der Waals surface area contributed by atoms with Gasteiger partial charge in [0.15, 0.2) is 0 Å². The summed E-state index contributed by atoms with van der Waals surface area (Å²) in [7, 11) is 0. The lowest BCUT2D eigenvalue weighted by Gasteiger charge is -2.34. The number of carboxylic acids is 1. The highest BCUT2D eigenvalue weighted by molar-refractivity contribution is 5.95. The average molecular weight is 355 g/mol. The molecule has 0 aliphatic carbocycles. The van der Waals surface area contributed by atoms with Crippen LogP contribution in [0.25, 0.3) is 5.69 Å². The number of likely N-dealkylation sites (tertiary alicyclic amines) is 1. The number of benzene rings is 1. The second-order valence-electron chi connectivity index (χ2n) is 7.14. The van der Waals surface area contributed by atoms with Crippen molar-refractivity contribution in [3.8, 4) is 5.69 Å². The molecule has 1 aromatic carbocycles. The predicted molar refractivity (Wildman–Crippen MR) is 98.5 cm³/mol. The number of hydrogen-bond acceptors (Lipinski definition) is 3. The second kappa shape index (κ2) is 7.32. The predicted octanol–water partition coefficient (Wildman–Crippen LogP) is 2.93. The van der Waals surface area contributed by atoms with Crippen molar-refractivity contribution in [1.82, 2.24) is 14.7 Å². The molecule has 1 aliphatic rings. The zero-order valence-electron chi connectivity index (χ0n) is 15.5. The number of aliphatic carboxylic acids is 1. The molecule has 6 heteroatoms. The van der Waals surface area contributed by atoms with E-state index in [1.807, 2.05) is 49.7 Å².